The smallest absolute Gasteiger partial charge is 0.278 e. The van der Waals surface area contributed by atoms with E-state index >= 15 is 0 Å². The first-order chi connectivity index (χ1) is 4.64. The first-order valence-corrected chi connectivity index (χ1v) is 3.37. The van der Waals surface area contributed by atoms with Crippen LogP contribution in [0.15, 0.2) is 0 Å². The summed E-state index contributed by atoms with van der Waals surface area (Å²) in [6.45, 7) is -0.150. The Labute approximate surface area is 59.1 Å². The molecule has 1 unspecified atom stereocenters. The van der Waals surface area contributed by atoms with E-state index in [-0.39, 0.29) is 13.0 Å². The highest BCUT2D eigenvalue weighted by molar-refractivity contribution is 4.67. The van der Waals surface area contributed by atoms with Gasteiger partial charge in [-0.25, -0.2) is 0 Å². The van der Waals surface area contributed by atoms with Gasteiger partial charge in [-0.05, 0) is 12.8 Å². The van der Waals surface area contributed by atoms with E-state index in [1.807, 2.05) is 0 Å². The summed E-state index contributed by atoms with van der Waals surface area (Å²) in [4.78, 5) is 0. The number of aliphatic hydroxyl groups excluding tert-OH is 1. The summed E-state index contributed by atoms with van der Waals surface area (Å²) in [5.41, 5.74) is 0. The Hall–Kier alpha value is -0.160. The molecule has 10 heavy (non-hydrogen) atoms. The maximum Gasteiger partial charge on any atom is 0.278 e. The molecular weight excluding hydrogens is 136 g/mol. The predicted molar refractivity (Wildman–Crippen MR) is 33.0 cm³/mol. The molecule has 1 aliphatic rings. The topological polar surface area (TPSA) is 69.9 Å². The zero-order chi connectivity index (χ0) is 7.61. The van der Waals surface area contributed by atoms with E-state index in [0.717, 1.165) is 0 Å². The monoisotopic (exact) mass is 148 g/mol. The van der Waals surface area contributed by atoms with Gasteiger partial charge in [0.1, 0.15) is 0 Å². The second kappa shape index (κ2) is 2.84. The van der Waals surface area contributed by atoms with Crippen LogP contribution >= 0.6 is 0 Å². The fourth-order valence-corrected chi connectivity index (χ4v) is 1.07. The summed E-state index contributed by atoms with van der Waals surface area (Å²) < 4.78 is 4.68. The molecule has 0 aromatic rings. The van der Waals surface area contributed by atoms with Crippen LogP contribution in [0.4, 0.5) is 0 Å². The van der Waals surface area contributed by atoms with Crippen LogP contribution in [0.3, 0.4) is 0 Å². The summed E-state index contributed by atoms with van der Waals surface area (Å²) in [5, 5.41) is 26.4. The quantitative estimate of drug-likeness (QED) is 0.425. The standard InChI is InChI=1S/C6H12O4/c7-4-5-2-1-3-6(8,9)10-5/h5,7-9H,1-4H2. The lowest BCUT2D eigenvalue weighted by molar-refractivity contribution is -0.372. The summed E-state index contributed by atoms with van der Waals surface area (Å²) in [6, 6.07) is 0. The van der Waals surface area contributed by atoms with Crippen LogP contribution in [0.25, 0.3) is 0 Å². The van der Waals surface area contributed by atoms with Crippen molar-refractivity contribution < 1.29 is 20.1 Å². The number of hydrogen-bond acceptors (Lipinski definition) is 4. The first-order valence-electron chi connectivity index (χ1n) is 3.37. The highest BCUT2D eigenvalue weighted by atomic mass is 16.8. The normalized spacial score (nSPS) is 32.1. The molecule has 0 aliphatic carbocycles. The average molecular weight is 148 g/mol. The Kier molecular flexibility index (Phi) is 2.25. The van der Waals surface area contributed by atoms with Crippen LogP contribution in [0, 0.1) is 0 Å². The van der Waals surface area contributed by atoms with Gasteiger partial charge in [-0.3, -0.25) is 0 Å². The van der Waals surface area contributed by atoms with Crippen molar-refractivity contribution in [2.45, 2.75) is 31.3 Å². The van der Waals surface area contributed by atoms with Crippen LogP contribution in [0.2, 0.25) is 0 Å². The van der Waals surface area contributed by atoms with E-state index < -0.39 is 12.1 Å². The molecule has 0 radical (unpaired) electrons. The molecule has 3 N–H and O–H groups in total. The second-order valence-corrected chi connectivity index (χ2v) is 2.56. The van der Waals surface area contributed by atoms with Crippen molar-refractivity contribution in [1.29, 1.82) is 0 Å². The highest BCUT2D eigenvalue weighted by Gasteiger charge is 2.32. The minimum absolute atomic E-state index is 0.150. The number of ether oxygens (including phenoxy) is 1. The molecule has 60 valence electrons. The molecule has 1 saturated heterocycles. The SMILES string of the molecule is OCC1CCCC(O)(O)O1. The van der Waals surface area contributed by atoms with Crippen molar-refractivity contribution in [2.75, 3.05) is 6.61 Å². The Morgan fingerprint density at radius 1 is 1.50 bits per heavy atom. The molecule has 1 aliphatic heterocycles. The van der Waals surface area contributed by atoms with Gasteiger partial charge in [0.05, 0.1) is 12.7 Å². The van der Waals surface area contributed by atoms with Crippen molar-refractivity contribution in [2.24, 2.45) is 0 Å². The van der Waals surface area contributed by atoms with Gasteiger partial charge in [0.25, 0.3) is 5.97 Å². The molecule has 4 nitrogen and oxygen atoms in total. The molecule has 1 atom stereocenters. The van der Waals surface area contributed by atoms with Crippen molar-refractivity contribution in [3.63, 3.8) is 0 Å². The molecule has 1 rings (SSSR count). The molecule has 0 saturated carbocycles. The van der Waals surface area contributed by atoms with Crippen molar-refractivity contribution in [1.82, 2.24) is 0 Å². The predicted octanol–water partition coefficient (Wildman–Crippen LogP) is -0.814. The van der Waals surface area contributed by atoms with Gasteiger partial charge in [0.15, 0.2) is 0 Å². The molecule has 0 aromatic heterocycles. The Morgan fingerprint density at radius 2 is 2.20 bits per heavy atom. The second-order valence-electron chi connectivity index (χ2n) is 2.56. The lowest BCUT2D eigenvalue weighted by atomic mass is 10.1. The van der Waals surface area contributed by atoms with Crippen LogP contribution in [-0.4, -0.2) is 34.0 Å². The molecule has 0 aromatic carbocycles. The summed E-state index contributed by atoms with van der Waals surface area (Å²) in [6.07, 6.45) is 1.19. The lowest BCUT2D eigenvalue weighted by Gasteiger charge is -2.31. The van der Waals surface area contributed by atoms with E-state index in [2.05, 4.69) is 4.74 Å². The molecule has 4 heteroatoms. The largest absolute Gasteiger partial charge is 0.394 e. The molecular formula is C6H12O4. The molecule has 0 bridgehead atoms. The maximum absolute atomic E-state index is 8.90. The van der Waals surface area contributed by atoms with Gasteiger partial charge in [-0.15, -0.1) is 0 Å². The zero-order valence-electron chi connectivity index (χ0n) is 5.66. The minimum Gasteiger partial charge on any atom is -0.394 e. The van der Waals surface area contributed by atoms with Crippen LogP contribution < -0.4 is 0 Å². The van der Waals surface area contributed by atoms with Gasteiger partial charge in [0.2, 0.25) is 0 Å². The van der Waals surface area contributed by atoms with Crippen LogP contribution in [0.5, 0.6) is 0 Å². The minimum atomic E-state index is -2.01. The zero-order valence-corrected chi connectivity index (χ0v) is 5.66. The number of aliphatic hydroxyl groups is 3. The van der Waals surface area contributed by atoms with E-state index in [1.165, 1.54) is 0 Å². The van der Waals surface area contributed by atoms with Gasteiger partial charge < -0.3 is 20.1 Å². The van der Waals surface area contributed by atoms with E-state index in [4.69, 9.17) is 15.3 Å². The maximum atomic E-state index is 8.90. The number of rotatable bonds is 1. The van der Waals surface area contributed by atoms with E-state index in [1.54, 1.807) is 0 Å². The first kappa shape index (κ1) is 7.94. The van der Waals surface area contributed by atoms with E-state index in [9.17, 15) is 0 Å². The highest BCUT2D eigenvalue weighted by Crippen LogP contribution is 2.23. The van der Waals surface area contributed by atoms with Crippen molar-refractivity contribution >= 4 is 0 Å². The summed E-state index contributed by atoms with van der Waals surface area (Å²) in [5.74, 6) is -2.01. The Balaban J connectivity index is 2.40. The van der Waals surface area contributed by atoms with Crippen molar-refractivity contribution in [3.05, 3.63) is 0 Å². The van der Waals surface area contributed by atoms with Crippen LogP contribution in [0.1, 0.15) is 19.3 Å². The van der Waals surface area contributed by atoms with Gasteiger partial charge in [-0.2, -0.15) is 0 Å². The molecule has 1 heterocycles. The van der Waals surface area contributed by atoms with Crippen LogP contribution in [-0.2, 0) is 4.74 Å². The molecule has 1 fully saturated rings. The van der Waals surface area contributed by atoms with Crippen molar-refractivity contribution in [3.8, 4) is 0 Å². The summed E-state index contributed by atoms with van der Waals surface area (Å²) >= 11 is 0. The average Bonchev–Trinajstić information content (AvgIpc) is 1.86. The lowest BCUT2D eigenvalue weighted by Crippen LogP contribution is -2.41. The number of hydrogen-bond donors (Lipinski definition) is 3. The third kappa shape index (κ3) is 1.91. The van der Waals surface area contributed by atoms with Gasteiger partial charge in [-0.1, -0.05) is 0 Å². The fourth-order valence-electron chi connectivity index (χ4n) is 1.07. The Morgan fingerprint density at radius 3 is 2.60 bits per heavy atom. The Bertz CT molecular complexity index is 112. The fraction of sp³-hybridized carbons (Fsp3) is 1.00. The third-order valence-corrected chi connectivity index (χ3v) is 1.59. The van der Waals surface area contributed by atoms with Gasteiger partial charge in [0, 0.05) is 6.42 Å². The van der Waals surface area contributed by atoms with Gasteiger partial charge >= 0.3 is 0 Å². The third-order valence-electron chi connectivity index (χ3n) is 1.59. The molecule has 0 amide bonds. The van der Waals surface area contributed by atoms with E-state index in [0.29, 0.717) is 12.8 Å². The summed E-state index contributed by atoms with van der Waals surface area (Å²) in [7, 11) is 0. The molecule has 0 spiro atoms.